The van der Waals surface area contributed by atoms with Crippen LogP contribution in [0.1, 0.15) is 18.5 Å². The summed E-state index contributed by atoms with van der Waals surface area (Å²) in [6.45, 7) is 6.55. The summed E-state index contributed by atoms with van der Waals surface area (Å²) in [6.07, 6.45) is 4.39. The number of aromatic nitrogens is 3. The molecule has 0 spiro atoms. The molecule has 2 aliphatic rings. The maximum absolute atomic E-state index is 12.5. The number of hydrogen-bond donors (Lipinski definition) is 0. The first-order chi connectivity index (χ1) is 10.7. The molecule has 1 aromatic heterocycles. The summed E-state index contributed by atoms with van der Waals surface area (Å²) in [7, 11) is 1.83. The molecule has 2 fully saturated rings. The predicted molar refractivity (Wildman–Crippen MR) is 81.3 cm³/mol. The third kappa shape index (κ3) is 3.84. The highest BCUT2D eigenvalue weighted by molar-refractivity contribution is 5.78. The standard InChI is InChI=1S/C15H25N5O2/c1-18-14(10-16-17-18)9-15(21)20-4-2-3-13(12-20)11-19-5-7-22-8-6-19/h10,13H,2-9,11-12H2,1H3/t13-/m1/s1. The predicted octanol–water partition coefficient (Wildman–Crippen LogP) is -0.0716. The average Bonchev–Trinajstić information content (AvgIpc) is 2.94. The van der Waals surface area contributed by atoms with E-state index in [0.29, 0.717) is 12.3 Å². The smallest absolute Gasteiger partial charge is 0.228 e. The van der Waals surface area contributed by atoms with Crippen molar-refractivity contribution in [3.8, 4) is 0 Å². The van der Waals surface area contributed by atoms with Crippen LogP contribution in [0.5, 0.6) is 0 Å². The average molecular weight is 307 g/mol. The molecule has 0 saturated carbocycles. The number of hydrogen-bond acceptors (Lipinski definition) is 5. The number of morpholine rings is 1. The van der Waals surface area contributed by atoms with Gasteiger partial charge in [-0.05, 0) is 18.8 Å². The minimum atomic E-state index is 0.192. The third-order valence-corrected chi connectivity index (χ3v) is 4.63. The Hall–Kier alpha value is -1.47. The van der Waals surface area contributed by atoms with E-state index in [2.05, 4.69) is 15.2 Å². The van der Waals surface area contributed by atoms with E-state index in [1.165, 1.54) is 6.42 Å². The molecule has 1 amide bonds. The number of carbonyl (C=O) groups is 1. The van der Waals surface area contributed by atoms with E-state index in [-0.39, 0.29) is 5.91 Å². The van der Waals surface area contributed by atoms with Crippen molar-refractivity contribution in [2.45, 2.75) is 19.3 Å². The monoisotopic (exact) mass is 307 g/mol. The summed E-state index contributed by atoms with van der Waals surface area (Å²) >= 11 is 0. The first kappa shape index (κ1) is 15.4. The molecule has 22 heavy (non-hydrogen) atoms. The van der Waals surface area contributed by atoms with Crippen molar-refractivity contribution >= 4 is 5.91 Å². The van der Waals surface area contributed by atoms with Crippen LogP contribution in [0.3, 0.4) is 0 Å². The summed E-state index contributed by atoms with van der Waals surface area (Å²) in [5.74, 6) is 0.775. The Balaban J connectivity index is 1.51. The highest BCUT2D eigenvalue weighted by Crippen LogP contribution is 2.19. The normalized spacial score (nSPS) is 23.7. The van der Waals surface area contributed by atoms with Gasteiger partial charge in [0.15, 0.2) is 0 Å². The van der Waals surface area contributed by atoms with Crippen molar-refractivity contribution in [1.82, 2.24) is 24.8 Å². The van der Waals surface area contributed by atoms with E-state index < -0.39 is 0 Å². The fourth-order valence-electron chi connectivity index (χ4n) is 3.33. The molecule has 3 rings (SSSR count). The van der Waals surface area contributed by atoms with Gasteiger partial charge in [0.2, 0.25) is 5.91 Å². The minimum Gasteiger partial charge on any atom is -0.379 e. The van der Waals surface area contributed by atoms with E-state index in [9.17, 15) is 4.79 Å². The van der Waals surface area contributed by atoms with Gasteiger partial charge in [0.1, 0.15) is 0 Å². The number of amides is 1. The zero-order valence-corrected chi connectivity index (χ0v) is 13.3. The van der Waals surface area contributed by atoms with Crippen LogP contribution in [0.2, 0.25) is 0 Å². The molecule has 2 saturated heterocycles. The summed E-state index contributed by atoms with van der Waals surface area (Å²) in [4.78, 5) is 17.0. The second kappa shape index (κ2) is 7.19. The van der Waals surface area contributed by atoms with Crippen LogP contribution in [0.4, 0.5) is 0 Å². The summed E-state index contributed by atoms with van der Waals surface area (Å²) in [6, 6.07) is 0. The topological polar surface area (TPSA) is 63.5 Å². The van der Waals surface area contributed by atoms with Crippen LogP contribution >= 0.6 is 0 Å². The molecule has 7 heteroatoms. The van der Waals surface area contributed by atoms with Crippen molar-refractivity contribution in [2.24, 2.45) is 13.0 Å². The molecule has 0 aromatic carbocycles. The third-order valence-electron chi connectivity index (χ3n) is 4.63. The molecule has 1 aromatic rings. The SMILES string of the molecule is Cn1nncc1CC(=O)N1CCC[C@H](CN2CCOCC2)C1. The van der Waals surface area contributed by atoms with Crippen LogP contribution < -0.4 is 0 Å². The van der Waals surface area contributed by atoms with E-state index in [0.717, 1.165) is 58.1 Å². The first-order valence-corrected chi connectivity index (χ1v) is 8.14. The van der Waals surface area contributed by atoms with Gasteiger partial charge in [0.05, 0.1) is 31.5 Å². The van der Waals surface area contributed by atoms with Crippen LogP contribution in [-0.2, 0) is 23.0 Å². The van der Waals surface area contributed by atoms with Crippen LogP contribution in [0.25, 0.3) is 0 Å². The van der Waals surface area contributed by atoms with E-state index in [1.54, 1.807) is 10.9 Å². The first-order valence-electron chi connectivity index (χ1n) is 8.14. The zero-order chi connectivity index (χ0) is 15.4. The van der Waals surface area contributed by atoms with Gasteiger partial charge in [0, 0.05) is 39.8 Å². The lowest BCUT2D eigenvalue weighted by Crippen LogP contribution is -2.46. The molecule has 0 aliphatic carbocycles. The molecule has 0 unspecified atom stereocenters. The lowest BCUT2D eigenvalue weighted by molar-refractivity contribution is -0.132. The Labute approximate surface area is 131 Å². The van der Waals surface area contributed by atoms with Crippen LogP contribution in [0, 0.1) is 5.92 Å². The number of ether oxygens (including phenoxy) is 1. The Bertz CT molecular complexity index is 498. The van der Waals surface area contributed by atoms with E-state index in [1.807, 2.05) is 11.9 Å². The molecular weight excluding hydrogens is 282 g/mol. The van der Waals surface area contributed by atoms with Crippen LogP contribution in [-0.4, -0.2) is 76.6 Å². The lowest BCUT2D eigenvalue weighted by Gasteiger charge is -2.36. The number of aryl methyl sites for hydroxylation is 1. The summed E-state index contributed by atoms with van der Waals surface area (Å²) in [5.41, 5.74) is 0.875. The number of likely N-dealkylation sites (tertiary alicyclic amines) is 1. The maximum Gasteiger partial charge on any atom is 0.228 e. The molecular formula is C15H25N5O2. The van der Waals surface area contributed by atoms with Gasteiger partial charge >= 0.3 is 0 Å². The number of nitrogens with zero attached hydrogens (tertiary/aromatic N) is 5. The van der Waals surface area contributed by atoms with E-state index in [4.69, 9.17) is 4.74 Å². The largest absolute Gasteiger partial charge is 0.379 e. The van der Waals surface area contributed by atoms with Crippen molar-refractivity contribution in [2.75, 3.05) is 45.9 Å². The van der Waals surface area contributed by atoms with Gasteiger partial charge < -0.3 is 9.64 Å². The van der Waals surface area contributed by atoms with Gasteiger partial charge in [-0.2, -0.15) is 0 Å². The van der Waals surface area contributed by atoms with E-state index >= 15 is 0 Å². The highest BCUT2D eigenvalue weighted by Gasteiger charge is 2.26. The van der Waals surface area contributed by atoms with Gasteiger partial charge in [-0.3, -0.25) is 14.4 Å². The minimum absolute atomic E-state index is 0.192. The molecule has 1 atom stereocenters. The molecule has 0 bridgehead atoms. The van der Waals surface area contributed by atoms with Gasteiger partial charge in [0.25, 0.3) is 0 Å². The quantitative estimate of drug-likeness (QED) is 0.779. The Morgan fingerprint density at radius 1 is 1.36 bits per heavy atom. The number of rotatable bonds is 4. The lowest BCUT2D eigenvalue weighted by atomic mass is 9.97. The van der Waals surface area contributed by atoms with Gasteiger partial charge in [-0.25, -0.2) is 0 Å². The summed E-state index contributed by atoms with van der Waals surface area (Å²) < 4.78 is 7.07. The maximum atomic E-state index is 12.5. The molecule has 0 N–H and O–H groups in total. The number of carbonyl (C=O) groups excluding carboxylic acids is 1. The fourth-order valence-corrected chi connectivity index (χ4v) is 3.33. The Morgan fingerprint density at radius 2 is 2.18 bits per heavy atom. The van der Waals surface area contributed by atoms with Gasteiger partial charge in [-0.15, -0.1) is 5.10 Å². The highest BCUT2D eigenvalue weighted by atomic mass is 16.5. The Morgan fingerprint density at radius 3 is 2.91 bits per heavy atom. The fraction of sp³-hybridized carbons (Fsp3) is 0.800. The molecule has 3 heterocycles. The second-order valence-electron chi connectivity index (χ2n) is 6.29. The zero-order valence-electron chi connectivity index (χ0n) is 13.3. The van der Waals surface area contributed by atoms with Crippen molar-refractivity contribution in [3.63, 3.8) is 0 Å². The van der Waals surface area contributed by atoms with Crippen molar-refractivity contribution in [3.05, 3.63) is 11.9 Å². The van der Waals surface area contributed by atoms with Crippen LogP contribution in [0.15, 0.2) is 6.20 Å². The molecule has 2 aliphatic heterocycles. The summed E-state index contributed by atoms with van der Waals surface area (Å²) in [5, 5.41) is 7.72. The van der Waals surface area contributed by atoms with Gasteiger partial charge in [-0.1, -0.05) is 5.21 Å². The molecule has 122 valence electrons. The molecule has 7 nitrogen and oxygen atoms in total. The van der Waals surface area contributed by atoms with Crippen molar-refractivity contribution < 1.29 is 9.53 Å². The molecule has 0 radical (unpaired) electrons. The van der Waals surface area contributed by atoms with Crippen molar-refractivity contribution in [1.29, 1.82) is 0 Å². The second-order valence-corrected chi connectivity index (χ2v) is 6.29. The number of piperidine rings is 1. The Kier molecular flexibility index (Phi) is 5.04.